The van der Waals surface area contributed by atoms with Gasteiger partial charge < -0.3 is 5.32 Å². The Morgan fingerprint density at radius 2 is 1.33 bits per heavy atom. The molecule has 2 aliphatic rings. The van der Waals surface area contributed by atoms with E-state index in [1.807, 2.05) is 27.7 Å². The minimum Gasteiger partial charge on any atom is -0.314 e. The minimum absolute atomic E-state index is 0.745. The molecular weight excluding hydrogens is 184 g/mol. The number of nitrogens with one attached hydrogen (secondary N) is 1. The monoisotopic (exact) mass is 214 g/mol. The van der Waals surface area contributed by atoms with E-state index in [0.717, 1.165) is 18.1 Å². The molecule has 2 bridgehead atoms. The molecule has 0 saturated carbocycles. The van der Waals surface area contributed by atoms with E-state index >= 15 is 0 Å². The first-order valence-corrected chi connectivity index (χ1v) is 6.77. The molecule has 2 nitrogen and oxygen atoms in total. The van der Waals surface area contributed by atoms with Gasteiger partial charge in [0, 0.05) is 31.2 Å². The highest BCUT2D eigenvalue weighted by Gasteiger charge is 2.37. The molecule has 2 heterocycles. The normalized spacial score (nSPS) is 29.0. The molecule has 15 heavy (non-hydrogen) atoms. The van der Waals surface area contributed by atoms with Crippen molar-refractivity contribution >= 4 is 0 Å². The molecule has 0 aromatic rings. The first-order valence-electron chi connectivity index (χ1n) is 6.77. The number of piperazine rings is 1. The summed E-state index contributed by atoms with van der Waals surface area (Å²) >= 11 is 0. The fourth-order valence-corrected chi connectivity index (χ4v) is 2.66. The van der Waals surface area contributed by atoms with Crippen molar-refractivity contribution in [2.24, 2.45) is 0 Å². The van der Waals surface area contributed by atoms with Crippen LogP contribution in [0.4, 0.5) is 0 Å². The van der Waals surface area contributed by atoms with E-state index in [-0.39, 0.29) is 0 Å². The number of hydrogen-bond donors (Lipinski definition) is 1. The molecule has 2 aliphatic heterocycles. The van der Waals surface area contributed by atoms with E-state index in [1.54, 1.807) is 0 Å². The number of hydrogen-bond acceptors (Lipinski definition) is 2. The van der Waals surface area contributed by atoms with Crippen LogP contribution in [0.5, 0.6) is 0 Å². The Bertz CT molecular complexity index is 129. The minimum atomic E-state index is 0.745. The standard InChI is InChI=1S/C9H18N2.2C2H6/c1-7(2)11-8-3-4-9(11)6-10-5-8;2*1-2/h7-10H,3-6H2,1-2H3;2*1-2H3. The van der Waals surface area contributed by atoms with Gasteiger partial charge in [-0.25, -0.2) is 0 Å². The molecule has 2 saturated heterocycles. The first kappa shape index (κ1) is 14.9. The summed E-state index contributed by atoms with van der Waals surface area (Å²) in [4.78, 5) is 2.69. The molecule has 0 aromatic heterocycles. The Hall–Kier alpha value is -0.0800. The van der Waals surface area contributed by atoms with Gasteiger partial charge in [0.2, 0.25) is 0 Å². The SMILES string of the molecule is CC.CC.CC(C)N1C2CCC1CNC2. The summed E-state index contributed by atoms with van der Waals surface area (Å²) < 4.78 is 0. The summed E-state index contributed by atoms with van der Waals surface area (Å²) in [5.41, 5.74) is 0. The van der Waals surface area contributed by atoms with Crippen LogP contribution in [0.25, 0.3) is 0 Å². The molecule has 2 rings (SSSR count). The van der Waals surface area contributed by atoms with Gasteiger partial charge in [-0.2, -0.15) is 0 Å². The van der Waals surface area contributed by atoms with Crippen molar-refractivity contribution < 1.29 is 0 Å². The maximum atomic E-state index is 3.49. The fraction of sp³-hybridized carbons (Fsp3) is 1.00. The lowest BCUT2D eigenvalue weighted by Gasteiger charge is -2.38. The van der Waals surface area contributed by atoms with Gasteiger partial charge in [0.1, 0.15) is 0 Å². The van der Waals surface area contributed by atoms with E-state index in [9.17, 15) is 0 Å². The topological polar surface area (TPSA) is 15.3 Å². The lowest BCUT2D eigenvalue weighted by atomic mass is 10.1. The summed E-state index contributed by atoms with van der Waals surface area (Å²) in [7, 11) is 0. The van der Waals surface area contributed by atoms with Crippen molar-refractivity contribution in [2.45, 2.75) is 72.5 Å². The largest absolute Gasteiger partial charge is 0.314 e. The van der Waals surface area contributed by atoms with Crippen LogP contribution in [0.3, 0.4) is 0 Å². The molecule has 2 fully saturated rings. The summed E-state index contributed by atoms with van der Waals surface area (Å²) in [6.45, 7) is 15.1. The lowest BCUT2D eigenvalue weighted by Crippen LogP contribution is -2.54. The third-order valence-corrected chi connectivity index (χ3v) is 3.03. The van der Waals surface area contributed by atoms with Gasteiger partial charge in [0.05, 0.1) is 0 Å². The van der Waals surface area contributed by atoms with Crippen LogP contribution in [0, 0.1) is 0 Å². The van der Waals surface area contributed by atoms with Crippen molar-refractivity contribution in [2.75, 3.05) is 13.1 Å². The maximum Gasteiger partial charge on any atom is 0.0227 e. The van der Waals surface area contributed by atoms with Crippen LogP contribution < -0.4 is 5.32 Å². The second kappa shape index (κ2) is 8.12. The molecule has 2 atom stereocenters. The van der Waals surface area contributed by atoms with E-state index < -0.39 is 0 Å². The van der Waals surface area contributed by atoms with Crippen LogP contribution >= 0.6 is 0 Å². The molecule has 2 heteroatoms. The van der Waals surface area contributed by atoms with Crippen LogP contribution in [0.2, 0.25) is 0 Å². The Balaban J connectivity index is 0.000000442. The summed E-state index contributed by atoms with van der Waals surface area (Å²) in [6, 6.07) is 2.43. The molecule has 0 radical (unpaired) electrons. The summed E-state index contributed by atoms with van der Waals surface area (Å²) in [5, 5.41) is 3.49. The highest BCUT2D eigenvalue weighted by Crippen LogP contribution is 2.28. The Morgan fingerprint density at radius 1 is 0.933 bits per heavy atom. The molecule has 1 N–H and O–H groups in total. The van der Waals surface area contributed by atoms with Crippen molar-refractivity contribution in [3.8, 4) is 0 Å². The van der Waals surface area contributed by atoms with Crippen LogP contribution in [0.1, 0.15) is 54.4 Å². The van der Waals surface area contributed by atoms with Gasteiger partial charge >= 0.3 is 0 Å². The van der Waals surface area contributed by atoms with Crippen LogP contribution in [0.15, 0.2) is 0 Å². The van der Waals surface area contributed by atoms with Gasteiger partial charge in [-0.3, -0.25) is 4.90 Å². The highest BCUT2D eigenvalue weighted by molar-refractivity contribution is 4.95. The van der Waals surface area contributed by atoms with Gasteiger partial charge in [0.25, 0.3) is 0 Å². The number of rotatable bonds is 1. The van der Waals surface area contributed by atoms with Crippen molar-refractivity contribution in [1.82, 2.24) is 10.2 Å². The zero-order valence-corrected chi connectivity index (χ0v) is 11.5. The second-order valence-electron chi connectivity index (χ2n) is 4.08. The molecular formula is C13H30N2. The van der Waals surface area contributed by atoms with Crippen molar-refractivity contribution in [3.63, 3.8) is 0 Å². The molecule has 0 spiro atoms. The van der Waals surface area contributed by atoms with E-state index in [0.29, 0.717) is 0 Å². The third-order valence-electron chi connectivity index (χ3n) is 3.03. The van der Waals surface area contributed by atoms with Gasteiger partial charge in [0.15, 0.2) is 0 Å². The van der Waals surface area contributed by atoms with E-state index in [2.05, 4.69) is 24.1 Å². The smallest absolute Gasteiger partial charge is 0.0227 e. The zero-order chi connectivity index (χ0) is 11.8. The predicted molar refractivity (Wildman–Crippen MR) is 69.4 cm³/mol. The molecule has 0 aliphatic carbocycles. The van der Waals surface area contributed by atoms with Crippen LogP contribution in [-0.4, -0.2) is 36.1 Å². The highest BCUT2D eigenvalue weighted by atomic mass is 15.3. The van der Waals surface area contributed by atoms with E-state index in [4.69, 9.17) is 0 Å². The van der Waals surface area contributed by atoms with Gasteiger partial charge in [-0.15, -0.1) is 0 Å². The summed E-state index contributed by atoms with van der Waals surface area (Å²) in [6.07, 6.45) is 2.83. The van der Waals surface area contributed by atoms with Gasteiger partial charge in [-0.1, -0.05) is 27.7 Å². The Labute approximate surface area is 96.4 Å². The summed E-state index contributed by atoms with van der Waals surface area (Å²) in [5.74, 6) is 0. The molecule has 0 amide bonds. The third kappa shape index (κ3) is 3.76. The molecule has 92 valence electrons. The van der Waals surface area contributed by atoms with Crippen LogP contribution in [-0.2, 0) is 0 Å². The first-order chi connectivity index (χ1) is 7.29. The quantitative estimate of drug-likeness (QED) is 0.722. The number of nitrogens with zero attached hydrogens (tertiary/aromatic N) is 1. The maximum absolute atomic E-state index is 3.49. The Kier molecular flexibility index (Phi) is 8.07. The van der Waals surface area contributed by atoms with E-state index in [1.165, 1.54) is 25.9 Å². The lowest BCUT2D eigenvalue weighted by molar-refractivity contribution is 0.116. The van der Waals surface area contributed by atoms with Crippen molar-refractivity contribution in [1.29, 1.82) is 0 Å². The Morgan fingerprint density at radius 3 is 1.60 bits per heavy atom. The fourth-order valence-electron chi connectivity index (χ4n) is 2.66. The average Bonchev–Trinajstić information content (AvgIpc) is 2.55. The van der Waals surface area contributed by atoms with Crippen molar-refractivity contribution in [3.05, 3.63) is 0 Å². The predicted octanol–water partition coefficient (Wildman–Crippen LogP) is 2.88. The number of fused-ring (bicyclic) bond motifs is 2. The average molecular weight is 214 g/mol. The molecule has 0 aromatic carbocycles. The molecule has 2 unspecified atom stereocenters. The zero-order valence-electron chi connectivity index (χ0n) is 11.5. The second-order valence-corrected chi connectivity index (χ2v) is 4.08. The van der Waals surface area contributed by atoms with Gasteiger partial charge in [-0.05, 0) is 26.7 Å².